The van der Waals surface area contributed by atoms with Crippen LogP contribution in [0.15, 0.2) is 42.7 Å². The SMILES string of the molecule is Cc1cc(Cl)ccc1OCCCC(=O)Nc1sc2c(c1C(=O)NCc1cccnc1)CC[C@@H](C)C2. The molecule has 1 aliphatic carbocycles. The molecule has 35 heavy (non-hydrogen) atoms. The van der Waals surface area contributed by atoms with E-state index in [1.165, 1.54) is 16.2 Å². The molecular formula is C27H30ClN3O3S. The summed E-state index contributed by atoms with van der Waals surface area (Å²) >= 11 is 7.52. The van der Waals surface area contributed by atoms with Gasteiger partial charge in [0.1, 0.15) is 10.8 Å². The molecular weight excluding hydrogens is 482 g/mol. The van der Waals surface area contributed by atoms with Crippen LogP contribution in [0.5, 0.6) is 5.75 Å². The average molecular weight is 512 g/mol. The molecule has 1 aromatic carbocycles. The van der Waals surface area contributed by atoms with E-state index in [0.717, 1.165) is 41.7 Å². The van der Waals surface area contributed by atoms with Gasteiger partial charge in [0.15, 0.2) is 0 Å². The molecule has 1 atom stereocenters. The molecule has 0 saturated heterocycles. The minimum Gasteiger partial charge on any atom is -0.493 e. The Morgan fingerprint density at radius 2 is 2.14 bits per heavy atom. The van der Waals surface area contributed by atoms with E-state index >= 15 is 0 Å². The van der Waals surface area contributed by atoms with Crippen molar-refractivity contribution in [1.82, 2.24) is 10.3 Å². The van der Waals surface area contributed by atoms with Crippen LogP contribution in [0.2, 0.25) is 5.02 Å². The maximum atomic E-state index is 13.2. The van der Waals surface area contributed by atoms with Gasteiger partial charge in [0.2, 0.25) is 5.91 Å². The molecule has 0 bridgehead atoms. The molecule has 3 aromatic rings. The zero-order chi connectivity index (χ0) is 24.8. The number of hydrogen-bond acceptors (Lipinski definition) is 5. The molecule has 1 aliphatic rings. The van der Waals surface area contributed by atoms with Gasteiger partial charge in [-0.25, -0.2) is 0 Å². The number of aromatic nitrogens is 1. The van der Waals surface area contributed by atoms with Crippen molar-refractivity contribution in [2.75, 3.05) is 11.9 Å². The van der Waals surface area contributed by atoms with Gasteiger partial charge in [-0.3, -0.25) is 14.6 Å². The first-order valence-corrected chi connectivity index (χ1v) is 13.1. The van der Waals surface area contributed by atoms with Crippen molar-refractivity contribution in [2.24, 2.45) is 5.92 Å². The first-order valence-electron chi connectivity index (χ1n) is 11.9. The van der Waals surface area contributed by atoms with Gasteiger partial charge in [0, 0.05) is 35.3 Å². The molecule has 0 spiro atoms. The maximum Gasteiger partial charge on any atom is 0.254 e. The number of aryl methyl sites for hydroxylation is 1. The van der Waals surface area contributed by atoms with E-state index in [4.69, 9.17) is 16.3 Å². The molecule has 6 nitrogen and oxygen atoms in total. The number of benzene rings is 1. The van der Waals surface area contributed by atoms with E-state index in [-0.39, 0.29) is 11.8 Å². The van der Waals surface area contributed by atoms with Crippen LogP contribution in [0.3, 0.4) is 0 Å². The Bertz CT molecular complexity index is 1200. The molecule has 0 aliphatic heterocycles. The zero-order valence-electron chi connectivity index (χ0n) is 20.0. The molecule has 2 heterocycles. The van der Waals surface area contributed by atoms with Gasteiger partial charge in [-0.1, -0.05) is 24.6 Å². The van der Waals surface area contributed by atoms with Crippen LogP contribution in [0.4, 0.5) is 5.00 Å². The average Bonchev–Trinajstić information content (AvgIpc) is 3.18. The maximum absolute atomic E-state index is 13.2. The van der Waals surface area contributed by atoms with Gasteiger partial charge in [-0.15, -0.1) is 11.3 Å². The third-order valence-electron chi connectivity index (χ3n) is 6.11. The van der Waals surface area contributed by atoms with Crippen LogP contribution in [0.1, 0.15) is 58.1 Å². The third-order valence-corrected chi connectivity index (χ3v) is 7.52. The van der Waals surface area contributed by atoms with Gasteiger partial charge in [0.25, 0.3) is 5.91 Å². The Kier molecular flexibility index (Phi) is 8.42. The van der Waals surface area contributed by atoms with Gasteiger partial charge in [0.05, 0.1) is 12.2 Å². The first kappa shape index (κ1) is 25.2. The number of hydrogen-bond donors (Lipinski definition) is 2. The largest absolute Gasteiger partial charge is 0.493 e. The number of rotatable bonds is 9. The number of ether oxygens (including phenoxy) is 1. The predicted octanol–water partition coefficient (Wildman–Crippen LogP) is 5.96. The number of amides is 2. The number of nitrogens with zero attached hydrogens (tertiary/aromatic N) is 1. The van der Waals surface area contributed by atoms with E-state index in [1.807, 2.05) is 31.2 Å². The molecule has 2 aromatic heterocycles. The fraction of sp³-hybridized carbons (Fsp3) is 0.370. The van der Waals surface area contributed by atoms with Crippen LogP contribution in [0.25, 0.3) is 0 Å². The van der Waals surface area contributed by atoms with E-state index < -0.39 is 0 Å². The van der Waals surface area contributed by atoms with Crippen molar-refractivity contribution < 1.29 is 14.3 Å². The van der Waals surface area contributed by atoms with E-state index in [2.05, 4.69) is 22.5 Å². The van der Waals surface area contributed by atoms with Gasteiger partial charge in [-0.2, -0.15) is 0 Å². The molecule has 184 valence electrons. The highest BCUT2D eigenvalue weighted by molar-refractivity contribution is 7.17. The lowest BCUT2D eigenvalue weighted by Crippen LogP contribution is -2.26. The predicted molar refractivity (Wildman–Crippen MR) is 140 cm³/mol. The van der Waals surface area contributed by atoms with Crippen molar-refractivity contribution in [3.63, 3.8) is 0 Å². The van der Waals surface area contributed by atoms with Crippen LogP contribution in [0, 0.1) is 12.8 Å². The Morgan fingerprint density at radius 3 is 2.91 bits per heavy atom. The molecule has 0 fully saturated rings. The number of fused-ring (bicyclic) bond motifs is 1. The molecule has 2 N–H and O–H groups in total. The minimum atomic E-state index is -0.155. The summed E-state index contributed by atoms with van der Waals surface area (Å²) in [6, 6.07) is 9.25. The smallest absolute Gasteiger partial charge is 0.254 e. The number of thiophene rings is 1. The zero-order valence-corrected chi connectivity index (χ0v) is 21.6. The standard InChI is InChI=1S/C27H30ClN3O3S/c1-17-7-9-21-23(13-17)35-27(25(21)26(33)30-16-19-5-3-11-29-15-19)31-24(32)6-4-12-34-22-10-8-20(28)14-18(22)2/h3,5,8,10-11,14-15,17H,4,6-7,9,12-13,16H2,1-2H3,(H,30,33)(H,31,32)/t17-/m1/s1. The molecule has 0 saturated carbocycles. The van der Waals surface area contributed by atoms with Crippen molar-refractivity contribution in [3.8, 4) is 5.75 Å². The quantitative estimate of drug-likeness (QED) is 0.347. The Hall–Kier alpha value is -2.90. The summed E-state index contributed by atoms with van der Waals surface area (Å²) in [7, 11) is 0. The van der Waals surface area contributed by atoms with Crippen molar-refractivity contribution >= 4 is 39.8 Å². The highest BCUT2D eigenvalue weighted by Crippen LogP contribution is 2.39. The molecule has 0 unspecified atom stereocenters. The van der Waals surface area contributed by atoms with E-state index in [0.29, 0.717) is 47.5 Å². The van der Waals surface area contributed by atoms with Crippen molar-refractivity contribution in [1.29, 1.82) is 0 Å². The summed E-state index contributed by atoms with van der Waals surface area (Å²) in [5.74, 6) is 1.07. The lowest BCUT2D eigenvalue weighted by Gasteiger charge is -2.18. The number of nitrogens with one attached hydrogen (secondary N) is 2. The summed E-state index contributed by atoms with van der Waals surface area (Å²) < 4.78 is 5.80. The number of carbonyl (C=O) groups excluding carboxylic acids is 2. The van der Waals surface area contributed by atoms with Crippen molar-refractivity contribution in [2.45, 2.75) is 52.5 Å². The van der Waals surface area contributed by atoms with Crippen LogP contribution in [-0.4, -0.2) is 23.4 Å². The monoisotopic (exact) mass is 511 g/mol. The lowest BCUT2D eigenvalue weighted by atomic mass is 9.88. The molecule has 4 rings (SSSR count). The third kappa shape index (κ3) is 6.61. The Labute approximate surface area is 215 Å². The lowest BCUT2D eigenvalue weighted by molar-refractivity contribution is -0.116. The highest BCUT2D eigenvalue weighted by Gasteiger charge is 2.28. The topological polar surface area (TPSA) is 80.3 Å². The number of halogens is 1. The number of pyridine rings is 1. The Balaban J connectivity index is 1.38. The van der Waals surface area contributed by atoms with E-state index in [9.17, 15) is 9.59 Å². The van der Waals surface area contributed by atoms with Crippen molar-refractivity contribution in [3.05, 3.63) is 74.9 Å². The fourth-order valence-corrected chi connectivity index (χ4v) is 5.88. The summed E-state index contributed by atoms with van der Waals surface area (Å²) in [6.07, 6.45) is 7.15. The summed E-state index contributed by atoms with van der Waals surface area (Å²) in [4.78, 5) is 31.3. The minimum absolute atomic E-state index is 0.116. The first-order chi connectivity index (χ1) is 16.9. The second-order valence-electron chi connectivity index (χ2n) is 9.01. The normalized spacial score (nSPS) is 14.8. The number of carbonyl (C=O) groups is 2. The van der Waals surface area contributed by atoms with Gasteiger partial charge in [-0.05, 0) is 79.5 Å². The Morgan fingerprint density at radius 1 is 1.29 bits per heavy atom. The second kappa shape index (κ2) is 11.7. The van der Waals surface area contributed by atoms with E-state index in [1.54, 1.807) is 18.5 Å². The van der Waals surface area contributed by atoms with Gasteiger partial charge >= 0.3 is 0 Å². The summed E-state index contributed by atoms with van der Waals surface area (Å²) in [5.41, 5.74) is 3.58. The van der Waals surface area contributed by atoms with Gasteiger partial charge < -0.3 is 15.4 Å². The summed E-state index contributed by atoms with van der Waals surface area (Å²) in [6.45, 7) is 4.98. The second-order valence-corrected chi connectivity index (χ2v) is 10.6. The highest BCUT2D eigenvalue weighted by atomic mass is 35.5. The van der Waals surface area contributed by atoms with Crippen LogP contribution < -0.4 is 15.4 Å². The number of anilines is 1. The van der Waals surface area contributed by atoms with Crippen LogP contribution in [-0.2, 0) is 24.2 Å². The molecule has 8 heteroatoms. The molecule has 0 radical (unpaired) electrons. The molecule has 2 amide bonds. The summed E-state index contributed by atoms with van der Waals surface area (Å²) in [5, 5.41) is 7.33. The van der Waals surface area contributed by atoms with Crippen LogP contribution >= 0.6 is 22.9 Å². The fourth-order valence-electron chi connectivity index (χ4n) is 4.23.